The van der Waals surface area contributed by atoms with Crippen LogP contribution in [0.1, 0.15) is 17.3 Å². The SMILES string of the molecule is CC(Oc1cc(C(N)=O)ccc1N)C(F)(F)F. The molecular formula is C10H11F3N2O2. The van der Waals surface area contributed by atoms with Gasteiger partial charge in [-0.25, -0.2) is 0 Å². The molecule has 1 unspecified atom stereocenters. The van der Waals surface area contributed by atoms with Gasteiger partial charge in [0.1, 0.15) is 5.75 Å². The smallest absolute Gasteiger partial charge is 0.425 e. The monoisotopic (exact) mass is 248 g/mol. The lowest BCUT2D eigenvalue weighted by Gasteiger charge is -2.18. The van der Waals surface area contributed by atoms with E-state index in [1.807, 2.05) is 0 Å². The Morgan fingerprint density at radius 3 is 2.47 bits per heavy atom. The summed E-state index contributed by atoms with van der Waals surface area (Å²) in [5.41, 5.74) is 10.5. The van der Waals surface area contributed by atoms with Gasteiger partial charge in [0.05, 0.1) is 5.69 Å². The van der Waals surface area contributed by atoms with Crippen molar-refractivity contribution in [3.05, 3.63) is 23.8 Å². The first-order valence-corrected chi connectivity index (χ1v) is 4.64. The van der Waals surface area contributed by atoms with Gasteiger partial charge in [-0.3, -0.25) is 4.79 Å². The number of hydrogen-bond acceptors (Lipinski definition) is 3. The van der Waals surface area contributed by atoms with E-state index in [2.05, 4.69) is 4.74 Å². The highest BCUT2D eigenvalue weighted by Crippen LogP contribution is 2.29. The highest BCUT2D eigenvalue weighted by Gasteiger charge is 2.38. The van der Waals surface area contributed by atoms with Crippen LogP contribution < -0.4 is 16.2 Å². The zero-order valence-electron chi connectivity index (χ0n) is 8.91. The fourth-order valence-electron chi connectivity index (χ4n) is 1.05. The number of ether oxygens (including phenoxy) is 1. The van der Waals surface area contributed by atoms with Gasteiger partial charge in [-0.1, -0.05) is 0 Å². The van der Waals surface area contributed by atoms with E-state index in [9.17, 15) is 18.0 Å². The summed E-state index contributed by atoms with van der Waals surface area (Å²) in [6, 6.07) is 3.65. The second kappa shape index (κ2) is 4.52. The third-order valence-electron chi connectivity index (χ3n) is 2.06. The average molecular weight is 248 g/mol. The number of nitrogen functional groups attached to an aromatic ring is 1. The molecule has 17 heavy (non-hydrogen) atoms. The fourth-order valence-corrected chi connectivity index (χ4v) is 1.05. The number of benzene rings is 1. The summed E-state index contributed by atoms with van der Waals surface area (Å²) < 4.78 is 41.4. The summed E-state index contributed by atoms with van der Waals surface area (Å²) in [5.74, 6) is -0.986. The van der Waals surface area contributed by atoms with Gasteiger partial charge in [0.15, 0.2) is 6.10 Å². The molecule has 0 saturated carbocycles. The van der Waals surface area contributed by atoms with Gasteiger partial charge >= 0.3 is 6.18 Å². The Kier molecular flexibility index (Phi) is 3.50. The van der Waals surface area contributed by atoms with Gasteiger partial charge < -0.3 is 16.2 Å². The maximum Gasteiger partial charge on any atom is 0.425 e. The summed E-state index contributed by atoms with van der Waals surface area (Å²) in [5, 5.41) is 0. The van der Waals surface area contributed by atoms with E-state index < -0.39 is 18.2 Å². The van der Waals surface area contributed by atoms with Gasteiger partial charge in [-0.05, 0) is 25.1 Å². The predicted molar refractivity (Wildman–Crippen MR) is 55.5 cm³/mol. The van der Waals surface area contributed by atoms with E-state index in [0.29, 0.717) is 0 Å². The van der Waals surface area contributed by atoms with Crippen molar-refractivity contribution in [2.24, 2.45) is 5.73 Å². The predicted octanol–water partition coefficient (Wildman–Crippen LogP) is 1.70. The lowest BCUT2D eigenvalue weighted by atomic mass is 10.2. The van der Waals surface area contributed by atoms with E-state index in [-0.39, 0.29) is 17.0 Å². The van der Waals surface area contributed by atoms with Crippen LogP contribution in [0, 0.1) is 0 Å². The fraction of sp³-hybridized carbons (Fsp3) is 0.300. The molecule has 7 heteroatoms. The number of nitrogens with two attached hydrogens (primary N) is 2. The molecule has 1 aromatic rings. The van der Waals surface area contributed by atoms with Crippen LogP contribution in [-0.4, -0.2) is 18.2 Å². The quantitative estimate of drug-likeness (QED) is 0.799. The molecule has 1 rings (SSSR count). The summed E-state index contributed by atoms with van der Waals surface area (Å²) in [4.78, 5) is 10.9. The van der Waals surface area contributed by atoms with Crippen LogP contribution in [0.5, 0.6) is 5.75 Å². The Hall–Kier alpha value is -1.92. The van der Waals surface area contributed by atoms with Crippen molar-refractivity contribution in [2.75, 3.05) is 5.73 Å². The van der Waals surface area contributed by atoms with E-state index in [1.54, 1.807) is 0 Å². The number of amides is 1. The molecule has 0 aliphatic heterocycles. The van der Waals surface area contributed by atoms with Crippen molar-refractivity contribution in [2.45, 2.75) is 19.2 Å². The highest BCUT2D eigenvalue weighted by atomic mass is 19.4. The first-order chi connectivity index (χ1) is 7.71. The standard InChI is InChI=1S/C10H11F3N2O2/c1-5(10(11,12)13)17-8-4-6(9(15)16)2-3-7(8)14/h2-5H,14H2,1H3,(H2,15,16). The molecule has 94 valence electrons. The number of halogens is 3. The number of rotatable bonds is 3. The largest absolute Gasteiger partial charge is 0.479 e. The van der Waals surface area contributed by atoms with E-state index >= 15 is 0 Å². The molecule has 1 atom stereocenters. The van der Waals surface area contributed by atoms with E-state index in [4.69, 9.17) is 11.5 Å². The highest BCUT2D eigenvalue weighted by molar-refractivity contribution is 5.93. The van der Waals surface area contributed by atoms with Crippen LogP contribution in [0.15, 0.2) is 18.2 Å². The van der Waals surface area contributed by atoms with Gasteiger partial charge in [-0.2, -0.15) is 13.2 Å². The summed E-state index contributed by atoms with van der Waals surface area (Å²) in [6.07, 6.45) is -6.53. The molecule has 4 nitrogen and oxygen atoms in total. The molecule has 0 bridgehead atoms. The van der Waals surface area contributed by atoms with Crippen molar-refractivity contribution in [1.82, 2.24) is 0 Å². The van der Waals surface area contributed by atoms with Crippen LogP contribution in [0.25, 0.3) is 0 Å². The number of anilines is 1. The zero-order chi connectivity index (χ0) is 13.2. The number of alkyl halides is 3. The molecular weight excluding hydrogens is 237 g/mol. The first-order valence-electron chi connectivity index (χ1n) is 4.64. The Labute approximate surface area is 95.3 Å². The number of hydrogen-bond donors (Lipinski definition) is 2. The third-order valence-corrected chi connectivity index (χ3v) is 2.06. The third kappa shape index (κ3) is 3.27. The van der Waals surface area contributed by atoms with Crippen molar-refractivity contribution in [3.8, 4) is 5.75 Å². The molecule has 0 radical (unpaired) electrons. The van der Waals surface area contributed by atoms with Crippen molar-refractivity contribution in [3.63, 3.8) is 0 Å². The van der Waals surface area contributed by atoms with E-state index in [1.165, 1.54) is 12.1 Å². The molecule has 0 saturated heterocycles. The minimum absolute atomic E-state index is 0.00565. The maximum absolute atomic E-state index is 12.3. The summed E-state index contributed by atoms with van der Waals surface area (Å²) in [7, 11) is 0. The van der Waals surface area contributed by atoms with Crippen molar-refractivity contribution in [1.29, 1.82) is 0 Å². The number of carbonyl (C=O) groups excluding carboxylic acids is 1. The topological polar surface area (TPSA) is 78.3 Å². The van der Waals surface area contributed by atoms with Crippen LogP contribution >= 0.6 is 0 Å². The van der Waals surface area contributed by atoms with Crippen molar-refractivity contribution < 1.29 is 22.7 Å². The van der Waals surface area contributed by atoms with Crippen LogP contribution in [-0.2, 0) is 0 Å². The Bertz CT molecular complexity index is 432. The molecule has 0 fully saturated rings. The van der Waals surface area contributed by atoms with Gasteiger partial charge in [-0.15, -0.1) is 0 Å². The number of primary amides is 1. The Balaban J connectivity index is 2.98. The second-order valence-corrected chi connectivity index (χ2v) is 3.42. The van der Waals surface area contributed by atoms with Crippen LogP contribution in [0.2, 0.25) is 0 Å². The summed E-state index contributed by atoms with van der Waals surface area (Å²) >= 11 is 0. The lowest BCUT2D eigenvalue weighted by Crippen LogP contribution is -2.31. The molecule has 4 N–H and O–H groups in total. The minimum atomic E-state index is -4.50. The molecule has 0 spiro atoms. The van der Waals surface area contributed by atoms with E-state index in [0.717, 1.165) is 13.0 Å². The molecule has 0 heterocycles. The molecule has 1 amide bonds. The summed E-state index contributed by atoms with van der Waals surface area (Å²) in [6.45, 7) is 0.844. The van der Waals surface area contributed by atoms with Gasteiger partial charge in [0, 0.05) is 5.56 Å². The maximum atomic E-state index is 12.3. The first kappa shape index (κ1) is 13.1. The number of carbonyl (C=O) groups is 1. The molecule has 0 aliphatic rings. The zero-order valence-corrected chi connectivity index (χ0v) is 8.91. The lowest BCUT2D eigenvalue weighted by molar-refractivity contribution is -0.189. The second-order valence-electron chi connectivity index (χ2n) is 3.42. The molecule has 0 aliphatic carbocycles. The van der Waals surface area contributed by atoms with Crippen molar-refractivity contribution >= 4 is 11.6 Å². The molecule has 1 aromatic carbocycles. The normalized spacial score (nSPS) is 13.2. The van der Waals surface area contributed by atoms with Crippen LogP contribution in [0.3, 0.4) is 0 Å². The molecule has 0 aromatic heterocycles. The Morgan fingerprint density at radius 2 is 2.00 bits per heavy atom. The average Bonchev–Trinajstić information content (AvgIpc) is 2.19. The van der Waals surface area contributed by atoms with Gasteiger partial charge in [0.2, 0.25) is 5.91 Å². The van der Waals surface area contributed by atoms with Gasteiger partial charge in [0.25, 0.3) is 0 Å². The van der Waals surface area contributed by atoms with Crippen LogP contribution in [0.4, 0.5) is 18.9 Å². The minimum Gasteiger partial charge on any atom is -0.479 e. The Morgan fingerprint density at radius 1 is 1.41 bits per heavy atom.